The van der Waals surface area contributed by atoms with Crippen LogP contribution in [0.2, 0.25) is 0 Å². The fourth-order valence-corrected chi connectivity index (χ4v) is 4.08. The van der Waals surface area contributed by atoms with Gasteiger partial charge in [-0.25, -0.2) is 12.7 Å². The first-order chi connectivity index (χ1) is 8.48. The van der Waals surface area contributed by atoms with Crippen molar-refractivity contribution in [3.63, 3.8) is 0 Å². The highest BCUT2D eigenvalue weighted by Crippen LogP contribution is 2.26. The van der Waals surface area contributed by atoms with Gasteiger partial charge in [0.1, 0.15) is 0 Å². The third-order valence-electron chi connectivity index (χ3n) is 4.63. The van der Waals surface area contributed by atoms with Crippen LogP contribution in [0.1, 0.15) is 44.9 Å². The summed E-state index contributed by atoms with van der Waals surface area (Å²) in [4.78, 5) is 2.59. The van der Waals surface area contributed by atoms with Crippen molar-refractivity contribution in [2.45, 2.75) is 57.0 Å². The quantitative estimate of drug-likeness (QED) is 0.786. The molecule has 18 heavy (non-hydrogen) atoms. The molecular weight excluding hydrogens is 248 g/mol. The summed E-state index contributed by atoms with van der Waals surface area (Å²) in [7, 11) is -1.31. The Morgan fingerprint density at radius 1 is 1.00 bits per heavy atom. The zero-order valence-electron chi connectivity index (χ0n) is 11.6. The van der Waals surface area contributed by atoms with Gasteiger partial charge in [0.15, 0.2) is 0 Å². The third kappa shape index (κ3) is 3.45. The third-order valence-corrected chi connectivity index (χ3v) is 5.97. The van der Waals surface area contributed by atoms with Gasteiger partial charge in [0.05, 0.1) is 6.26 Å². The SMILES string of the molecule is CN(C1CCN(C2CCCCC2)CC1)S(C)(=O)=O. The van der Waals surface area contributed by atoms with Crippen LogP contribution in [-0.2, 0) is 10.0 Å². The maximum Gasteiger partial charge on any atom is 0.211 e. The van der Waals surface area contributed by atoms with Crippen LogP contribution in [0.15, 0.2) is 0 Å². The normalized spacial score (nSPS) is 25.7. The van der Waals surface area contributed by atoms with Crippen LogP contribution >= 0.6 is 0 Å². The molecule has 0 aromatic carbocycles. The minimum absolute atomic E-state index is 0.208. The molecule has 1 aliphatic heterocycles. The Morgan fingerprint density at radius 3 is 2.06 bits per heavy atom. The van der Waals surface area contributed by atoms with Crippen LogP contribution in [0.5, 0.6) is 0 Å². The zero-order chi connectivity index (χ0) is 13.2. The summed E-state index contributed by atoms with van der Waals surface area (Å²) in [5.74, 6) is 0. The first-order valence-electron chi connectivity index (χ1n) is 7.15. The highest BCUT2D eigenvalue weighted by molar-refractivity contribution is 7.88. The molecule has 0 radical (unpaired) electrons. The Labute approximate surface area is 111 Å². The molecular formula is C13H26N2O2S. The van der Waals surface area contributed by atoms with E-state index < -0.39 is 10.0 Å². The molecule has 0 amide bonds. The molecule has 0 spiro atoms. The molecule has 2 fully saturated rings. The number of rotatable bonds is 3. The topological polar surface area (TPSA) is 40.6 Å². The summed E-state index contributed by atoms with van der Waals surface area (Å²) in [6.07, 6.45) is 10.1. The molecule has 0 atom stereocenters. The van der Waals surface area contributed by atoms with Crippen molar-refractivity contribution in [1.82, 2.24) is 9.21 Å². The van der Waals surface area contributed by atoms with Crippen molar-refractivity contribution in [2.75, 3.05) is 26.4 Å². The van der Waals surface area contributed by atoms with Crippen molar-refractivity contribution >= 4 is 10.0 Å². The summed E-state index contributed by atoms with van der Waals surface area (Å²) >= 11 is 0. The summed E-state index contributed by atoms with van der Waals surface area (Å²) in [6.45, 7) is 2.13. The lowest BCUT2D eigenvalue weighted by Gasteiger charge is -2.41. The Morgan fingerprint density at radius 2 is 1.56 bits per heavy atom. The largest absolute Gasteiger partial charge is 0.300 e. The molecule has 1 saturated heterocycles. The highest BCUT2D eigenvalue weighted by atomic mass is 32.2. The minimum atomic E-state index is -3.03. The van der Waals surface area contributed by atoms with Gasteiger partial charge < -0.3 is 4.90 Å². The van der Waals surface area contributed by atoms with E-state index in [1.807, 2.05) is 0 Å². The number of nitrogens with zero attached hydrogens (tertiary/aromatic N) is 2. The van der Waals surface area contributed by atoms with Gasteiger partial charge in [0.2, 0.25) is 10.0 Å². The number of piperidine rings is 1. The number of sulfonamides is 1. The summed E-state index contributed by atoms with van der Waals surface area (Å²) in [5.41, 5.74) is 0. The second-order valence-corrected chi connectivity index (χ2v) is 7.88. The standard InChI is InChI=1S/C13H26N2O2S/c1-14(18(2,16)17)12-8-10-15(11-9-12)13-6-4-3-5-7-13/h12-13H,3-11H2,1-2H3. The van der Waals surface area contributed by atoms with E-state index in [-0.39, 0.29) is 6.04 Å². The molecule has 1 aliphatic carbocycles. The monoisotopic (exact) mass is 274 g/mol. The van der Waals surface area contributed by atoms with Crippen LogP contribution in [0.25, 0.3) is 0 Å². The van der Waals surface area contributed by atoms with E-state index in [0.29, 0.717) is 0 Å². The number of hydrogen-bond acceptors (Lipinski definition) is 3. The van der Waals surface area contributed by atoms with E-state index in [9.17, 15) is 8.42 Å². The summed E-state index contributed by atoms with van der Waals surface area (Å²) in [5, 5.41) is 0. The molecule has 1 saturated carbocycles. The van der Waals surface area contributed by atoms with Gasteiger partial charge in [-0.05, 0) is 38.8 Å². The van der Waals surface area contributed by atoms with Crippen molar-refractivity contribution in [3.05, 3.63) is 0 Å². The second kappa shape index (κ2) is 5.88. The van der Waals surface area contributed by atoms with Gasteiger partial charge in [0, 0.05) is 19.1 Å². The van der Waals surface area contributed by atoms with E-state index in [1.54, 1.807) is 11.4 Å². The molecule has 0 aromatic rings. The van der Waals surface area contributed by atoms with Crippen LogP contribution in [0, 0.1) is 0 Å². The summed E-state index contributed by atoms with van der Waals surface area (Å²) in [6, 6.07) is 0.975. The van der Waals surface area contributed by atoms with Gasteiger partial charge in [-0.2, -0.15) is 0 Å². The van der Waals surface area contributed by atoms with Gasteiger partial charge in [-0.3, -0.25) is 0 Å². The lowest BCUT2D eigenvalue weighted by Crippen LogP contribution is -2.48. The second-order valence-electron chi connectivity index (χ2n) is 5.84. The fraction of sp³-hybridized carbons (Fsp3) is 1.00. The maximum atomic E-state index is 11.5. The van der Waals surface area contributed by atoms with Crippen molar-refractivity contribution in [2.24, 2.45) is 0 Å². The Balaban J connectivity index is 1.84. The van der Waals surface area contributed by atoms with E-state index in [0.717, 1.165) is 32.0 Å². The minimum Gasteiger partial charge on any atom is -0.300 e. The molecule has 1 heterocycles. The molecule has 0 bridgehead atoms. The lowest BCUT2D eigenvalue weighted by atomic mass is 9.92. The van der Waals surface area contributed by atoms with Crippen LogP contribution in [0.4, 0.5) is 0 Å². The Hall–Kier alpha value is -0.130. The first-order valence-corrected chi connectivity index (χ1v) is 9.00. The molecule has 0 N–H and O–H groups in total. The van der Waals surface area contributed by atoms with Crippen LogP contribution < -0.4 is 0 Å². The van der Waals surface area contributed by atoms with Gasteiger partial charge in [-0.15, -0.1) is 0 Å². The Kier molecular flexibility index (Phi) is 4.67. The Bertz CT molecular complexity index is 355. The molecule has 2 rings (SSSR count). The predicted molar refractivity (Wildman–Crippen MR) is 74.1 cm³/mol. The van der Waals surface area contributed by atoms with Crippen molar-refractivity contribution in [1.29, 1.82) is 0 Å². The zero-order valence-corrected chi connectivity index (χ0v) is 12.5. The van der Waals surface area contributed by atoms with Gasteiger partial charge >= 0.3 is 0 Å². The average Bonchev–Trinajstić information content (AvgIpc) is 2.38. The molecule has 2 aliphatic rings. The van der Waals surface area contributed by atoms with E-state index in [1.165, 1.54) is 38.4 Å². The lowest BCUT2D eigenvalue weighted by molar-refractivity contribution is 0.102. The van der Waals surface area contributed by atoms with E-state index in [4.69, 9.17) is 0 Å². The predicted octanol–water partition coefficient (Wildman–Crippen LogP) is 1.67. The first kappa shape index (κ1) is 14.3. The highest BCUT2D eigenvalue weighted by Gasteiger charge is 2.30. The van der Waals surface area contributed by atoms with Crippen LogP contribution in [-0.4, -0.2) is 56.1 Å². The molecule has 106 valence electrons. The van der Waals surface area contributed by atoms with Crippen LogP contribution in [0.3, 0.4) is 0 Å². The van der Waals surface area contributed by atoms with Crippen molar-refractivity contribution in [3.8, 4) is 0 Å². The maximum absolute atomic E-state index is 11.5. The molecule has 0 aromatic heterocycles. The smallest absolute Gasteiger partial charge is 0.211 e. The molecule has 0 unspecified atom stereocenters. The van der Waals surface area contributed by atoms with Gasteiger partial charge in [0.25, 0.3) is 0 Å². The number of likely N-dealkylation sites (tertiary alicyclic amines) is 1. The number of hydrogen-bond donors (Lipinski definition) is 0. The molecule has 5 heteroatoms. The average molecular weight is 274 g/mol. The van der Waals surface area contributed by atoms with E-state index in [2.05, 4.69) is 4.90 Å². The van der Waals surface area contributed by atoms with Crippen molar-refractivity contribution < 1.29 is 8.42 Å². The van der Waals surface area contributed by atoms with E-state index >= 15 is 0 Å². The van der Waals surface area contributed by atoms with Gasteiger partial charge in [-0.1, -0.05) is 19.3 Å². The summed E-state index contributed by atoms with van der Waals surface area (Å²) < 4.78 is 24.6. The fourth-order valence-electron chi connectivity index (χ4n) is 3.33. The molecule has 4 nitrogen and oxygen atoms in total.